The molecule has 0 aliphatic heterocycles. The molecule has 0 atom stereocenters. The lowest BCUT2D eigenvalue weighted by Crippen LogP contribution is -2.03. The summed E-state index contributed by atoms with van der Waals surface area (Å²) < 4.78 is 11.4. The van der Waals surface area contributed by atoms with E-state index >= 15 is 0 Å². The topological polar surface area (TPSA) is 66.0 Å². The Hall–Kier alpha value is -2.20. The van der Waals surface area contributed by atoms with Gasteiger partial charge >= 0.3 is 0 Å². The minimum absolute atomic E-state index is 0.424. The van der Waals surface area contributed by atoms with E-state index in [1.54, 1.807) is 12.1 Å². The number of nitriles is 2. The van der Waals surface area contributed by atoms with Crippen LogP contribution in [0.25, 0.3) is 0 Å². The summed E-state index contributed by atoms with van der Waals surface area (Å²) in [6.45, 7) is 5.46. The molecule has 1 aromatic rings. The number of nitrogens with zero attached hydrogens (tertiary/aromatic N) is 2. The van der Waals surface area contributed by atoms with Gasteiger partial charge in [0.15, 0.2) is 0 Å². The van der Waals surface area contributed by atoms with Crippen LogP contribution in [0, 0.1) is 22.7 Å². The predicted molar refractivity (Wildman–Crippen MR) is 95.1 cm³/mol. The zero-order chi connectivity index (χ0) is 17.6. The largest absolute Gasteiger partial charge is 0.492 e. The Kier molecular flexibility index (Phi) is 10.1. The highest BCUT2D eigenvalue weighted by molar-refractivity contribution is 5.56. The minimum Gasteiger partial charge on any atom is -0.492 e. The molecule has 0 saturated carbocycles. The van der Waals surface area contributed by atoms with Crippen molar-refractivity contribution in [1.82, 2.24) is 0 Å². The third kappa shape index (κ3) is 6.92. The highest BCUT2D eigenvalue weighted by Gasteiger charge is 2.12. The molecule has 0 radical (unpaired) electrons. The molecular formula is C20H28N2O2. The van der Waals surface area contributed by atoms with Crippen molar-refractivity contribution in [3.8, 4) is 23.6 Å². The summed E-state index contributed by atoms with van der Waals surface area (Å²) in [5.41, 5.74) is 0.848. The third-order valence-corrected chi connectivity index (χ3v) is 3.83. The van der Waals surface area contributed by atoms with Gasteiger partial charge in [0.05, 0.1) is 24.3 Å². The van der Waals surface area contributed by atoms with Crippen molar-refractivity contribution in [3.05, 3.63) is 23.3 Å². The second-order valence-corrected chi connectivity index (χ2v) is 5.89. The molecule has 0 aromatic heterocycles. The van der Waals surface area contributed by atoms with Crippen LogP contribution >= 0.6 is 0 Å². The first-order valence-electron chi connectivity index (χ1n) is 9.00. The van der Waals surface area contributed by atoms with Crippen molar-refractivity contribution in [2.24, 2.45) is 0 Å². The van der Waals surface area contributed by atoms with Gasteiger partial charge in [-0.15, -0.1) is 0 Å². The van der Waals surface area contributed by atoms with Gasteiger partial charge in [0.25, 0.3) is 0 Å². The third-order valence-electron chi connectivity index (χ3n) is 3.83. The Morgan fingerprint density at radius 3 is 1.46 bits per heavy atom. The number of rotatable bonds is 12. The molecule has 0 fully saturated rings. The maximum Gasteiger partial charge on any atom is 0.138 e. The molecule has 0 saturated heterocycles. The van der Waals surface area contributed by atoms with Crippen LogP contribution in [-0.2, 0) is 0 Å². The fourth-order valence-electron chi connectivity index (χ4n) is 2.40. The summed E-state index contributed by atoms with van der Waals surface area (Å²) in [4.78, 5) is 0. The van der Waals surface area contributed by atoms with Gasteiger partial charge in [-0.05, 0) is 12.8 Å². The Bertz CT molecular complexity index is 518. The quantitative estimate of drug-likeness (QED) is 0.485. The maximum atomic E-state index is 9.32. The molecule has 24 heavy (non-hydrogen) atoms. The van der Waals surface area contributed by atoms with Crippen molar-refractivity contribution >= 4 is 0 Å². The van der Waals surface area contributed by atoms with E-state index in [-0.39, 0.29) is 0 Å². The Morgan fingerprint density at radius 1 is 0.708 bits per heavy atom. The fourth-order valence-corrected chi connectivity index (χ4v) is 2.40. The molecule has 0 unspecified atom stereocenters. The van der Waals surface area contributed by atoms with Gasteiger partial charge in [-0.1, -0.05) is 52.4 Å². The zero-order valence-corrected chi connectivity index (χ0v) is 14.9. The van der Waals surface area contributed by atoms with Crippen LogP contribution < -0.4 is 9.47 Å². The van der Waals surface area contributed by atoms with Gasteiger partial charge in [-0.25, -0.2) is 0 Å². The zero-order valence-electron chi connectivity index (χ0n) is 14.9. The Labute approximate surface area is 146 Å². The van der Waals surface area contributed by atoms with Crippen LogP contribution in [0.2, 0.25) is 0 Å². The van der Waals surface area contributed by atoms with E-state index in [1.807, 2.05) is 0 Å². The highest BCUT2D eigenvalue weighted by atomic mass is 16.5. The molecule has 130 valence electrons. The van der Waals surface area contributed by atoms with Gasteiger partial charge in [-0.2, -0.15) is 10.5 Å². The molecule has 0 aliphatic carbocycles. The average molecular weight is 328 g/mol. The Morgan fingerprint density at radius 2 is 1.12 bits per heavy atom. The highest BCUT2D eigenvalue weighted by Crippen LogP contribution is 2.28. The summed E-state index contributed by atoms with van der Waals surface area (Å²) >= 11 is 0. The van der Waals surface area contributed by atoms with E-state index in [2.05, 4.69) is 26.0 Å². The van der Waals surface area contributed by atoms with E-state index < -0.39 is 0 Å². The van der Waals surface area contributed by atoms with Crippen LogP contribution in [0.15, 0.2) is 12.1 Å². The molecule has 0 aliphatic rings. The lowest BCUT2D eigenvalue weighted by Gasteiger charge is -2.12. The van der Waals surface area contributed by atoms with Crippen molar-refractivity contribution in [2.45, 2.75) is 65.2 Å². The summed E-state index contributed by atoms with van der Waals surface area (Å²) in [7, 11) is 0. The molecule has 0 N–H and O–H groups in total. The second-order valence-electron chi connectivity index (χ2n) is 5.89. The van der Waals surface area contributed by atoms with Crippen LogP contribution in [0.3, 0.4) is 0 Å². The summed E-state index contributed by atoms with van der Waals surface area (Å²) in [5.74, 6) is 0.952. The number of unbranched alkanes of at least 4 members (excludes halogenated alkanes) is 6. The van der Waals surface area contributed by atoms with Gasteiger partial charge in [0.1, 0.15) is 23.6 Å². The molecule has 1 aromatic carbocycles. The lowest BCUT2D eigenvalue weighted by molar-refractivity contribution is 0.295. The number of hydrogen-bond donors (Lipinski definition) is 0. The summed E-state index contributed by atoms with van der Waals surface area (Å²) in [5, 5.41) is 18.6. The average Bonchev–Trinajstić information content (AvgIpc) is 2.61. The number of benzene rings is 1. The monoisotopic (exact) mass is 328 g/mol. The molecule has 4 heteroatoms. The Balaban J connectivity index is 2.67. The van der Waals surface area contributed by atoms with Crippen molar-refractivity contribution in [3.63, 3.8) is 0 Å². The van der Waals surface area contributed by atoms with Gasteiger partial charge < -0.3 is 9.47 Å². The van der Waals surface area contributed by atoms with Crippen LogP contribution in [0.4, 0.5) is 0 Å². The van der Waals surface area contributed by atoms with Crippen molar-refractivity contribution in [1.29, 1.82) is 10.5 Å². The van der Waals surface area contributed by atoms with Gasteiger partial charge in [-0.3, -0.25) is 0 Å². The summed E-state index contributed by atoms with van der Waals surface area (Å²) in [6.07, 6.45) is 8.85. The van der Waals surface area contributed by atoms with Crippen molar-refractivity contribution in [2.75, 3.05) is 13.2 Å². The van der Waals surface area contributed by atoms with Crippen LogP contribution in [0.1, 0.15) is 76.3 Å². The second kappa shape index (κ2) is 12.3. The normalized spacial score (nSPS) is 10.0. The minimum atomic E-state index is 0.424. The van der Waals surface area contributed by atoms with Crippen molar-refractivity contribution < 1.29 is 9.47 Å². The van der Waals surface area contributed by atoms with Gasteiger partial charge in [0, 0.05) is 12.1 Å². The van der Waals surface area contributed by atoms with Gasteiger partial charge in [0.2, 0.25) is 0 Å². The first kappa shape index (κ1) is 19.8. The molecular weight excluding hydrogens is 300 g/mol. The number of ether oxygens (including phenoxy) is 2. The molecule has 0 spiro atoms. The van der Waals surface area contributed by atoms with Crippen LogP contribution in [0.5, 0.6) is 11.5 Å². The van der Waals surface area contributed by atoms with E-state index in [0.29, 0.717) is 35.8 Å². The molecule has 0 heterocycles. The molecule has 0 amide bonds. The first-order valence-corrected chi connectivity index (χ1v) is 9.00. The van der Waals surface area contributed by atoms with Crippen LogP contribution in [-0.4, -0.2) is 13.2 Å². The van der Waals surface area contributed by atoms with E-state index in [4.69, 9.17) is 9.47 Å². The SMILES string of the molecule is CCCCCCOc1cc(C#N)c(OCCCCCC)cc1C#N. The van der Waals surface area contributed by atoms with E-state index in [1.165, 1.54) is 25.7 Å². The van der Waals surface area contributed by atoms with E-state index in [0.717, 1.165) is 25.7 Å². The maximum absolute atomic E-state index is 9.32. The molecule has 1 rings (SSSR count). The number of hydrogen-bond acceptors (Lipinski definition) is 4. The summed E-state index contributed by atoms with van der Waals surface area (Å²) in [6, 6.07) is 7.52. The molecule has 4 nitrogen and oxygen atoms in total. The standard InChI is InChI=1S/C20H28N2O2/c1-3-5-7-9-11-23-19-13-18(16-22)20(14-17(19)15-21)24-12-10-8-6-4-2/h13-14H,3-12H2,1-2H3. The lowest BCUT2D eigenvalue weighted by atomic mass is 10.1. The van der Waals surface area contributed by atoms with E-state index in [9.17, 15) is 10.5 Å². The first-order chi connectivity index (χ1) is 11.8. The molecule has 0 bridgehead atoms. The smallest absolute Gasteiger partial charge is 0.138 e. The fraction of sp³-hybridized carbons (Fsp3) is 0.600. The predicted octanol–water partition coefficient (Wildman–Crippen LogP) is 5.35.